The number of aliphatic hydroxyl groups is 1. The number of carboxylic acids is 1. The van der Waals surface area contributed by atoms with Crippen LogP contribution in [-0.4, -0.2) is 180 Å². The highest BCUT2D eigenvalue weighted by Crippen LogP contribution is 2.24. The number of nitrogens with one attached hydrogen (secondary N) is 9. The number of unbranched alkanes of at least 4 members (excludes halogenated alkanes) is 5. The zero-order chi connectivity index (χ0) is 62.6. The number of aliphatic hydroxyl groups excluding tert-OH is 1. The van der Waals surface area contributed by atoms with Gasteiger partial charge in [-0.3, -0.25) is 43.2 Å². The fraction of sp³-hybridized carbons (Fsp3) is 0.709. The Morgan fingerprint density at radius 3 is 1.49 bits per heavy atom. The molecule has 2 rings (SSSR count). The number of carboxylic acid groups (broad SMARTS) is 1. The lowest BCUT2D eigenvalue weighted by atomic mass is 9.99. The topological polar surface area (TPSA) is 476 Å². The molecule has 0 aromatic heterocycles. The lowest BCUT2D eigenvalue weighted by Gasteiger charge is -2.29. The number of aliphatic carboxylic acids is 1. The van der Waals surface area contributed by atoms with Crippen LogP contribution in [0.1, 0.15) is 129 Å². The van der Waals surface area contributed by atoms with E-state index >= 15 is 0 Å². The molecule has 9 amide bonds. The van der Waals surface area contributed by atoms with Gasteiger partial charge in [-0.2, -0.15) is 0 Å². The molecule has 1 aromatic carbocycles. The molecule has 1 aliphatic rings. The van der Waals surface area contributed by atoms with Crippen LogP contribution in [0, 0.1) is 5.92 Å². The van der Waals surface area contributed by atoms with Gasteiger partial charge in [0.1, 0.15) is 54.4 Å². The first kappa shape index (κ1) is 74.4. The number of carbonyl (C=O) groups excluding carboxylic acids is 9. The Hall–Kier alpha value is -5.66. The second-order valence-corrected chi connectivity index (χ2v) is 24.0. The van der Waals surface area contributed by atoms with Crippen molar-refractivity contribution in [3.63, 3.8) is 0 Å². The average molecular weight is 1220 g/mol. The molecule has 0 aliphatic carbocycles. The molecule has 27 nitrogen and oxygen atoms in total. The number of amides is 9. The first-order chi connectivity index (χ1) is 40.1. The second-order valence-electron chi connectivity index (χ2n) is 21.5. The van der Waals surface area contributed by atoms with Crippen molar-refractivity contribution in [2.24, 2.45) is 40.3 Å². The van der Waals surface area contributed by atoms with E-state index in [1.54, 1.807) is 30.3 Å². The van der Waals surface area contributed by atoms with E-state index in [4.69, 9.17) is 34.4 Å². The molecule has 1 aliphatic heterocycles. The maximum Gasteiger partial charge on any atom is 0.327 e. The molecule has 0 saturated carbocycles. The van der Waals surface area contributed by atoms with Gasteiger partial charge < -0.3 is 92.5 Å². The summed E-state index contributed by atoms with van der Waals surface area (Å²) in [6.07, 6.45) is 3.17. The standard InChI is InChI=1S/C55H97N15O12S2/c1-33(2)29-41-51(77)63-37(20-8-13-25-57)47(73)62-39(22-10-15-27-59)50(76)69-44(55(81)82)32-84-83-31-43(53(79)64-38(21-9-14-26-58)48(74)67-42(52(78)66-41)30-35-17-5-4-6-18-35)68-49(75)40(23-11-16-28-60)65-54(80)45(34(3)71)70-46(72)36(61)19-7-12-24-56/h4-6,17-18,33-34,36-45,71H,7-16,19-32,56-61H2,1-3H3,(H,62,73)(H,63,77)(H,64,79)(H,65,80)(H,66,78)(H,67,74)(H,68,75)(H,69,76)(H,70,72)(H,81,82)/t34-,36+,37+,38?,39+,40+,41+,42+,43?,44?,45+/m1/s1. The molecule has 0 spiro atoms. The van der Waals surface area contributed by atoms with Crippen molar-refractivity contribution in [1.82, 2.24) is 47.9 Å². The molecule has 84 heavy (non-hydrogen) atoms. The van der Waals surface area contributed by atoms with Crippen molar-refractivity contribution < 1.29 is 58.2 Å². The van der Waals surface area contributed by atoms with Crippen LogP contribution in [0.4, 0.5) is 0 Å². The summed E-state index contributed by atoms with van der Waals surface area (Å²) in [6.45, 7) is 6.30. The normalized spacial score (nSPS) is 22.3. The van der Waals surface area contributed by atoms with Crippen molar-refractivity contribution in [2.45, 2.75) is 196 Å². The molecule has 29 heteroatoms. The van der Waals surface area contributed by atoms with Crippen molar-refractivity contribution in [1.29, 1.82) is 0 Å². The van der Waals surface area contributed by atoms with E-state index in [0.717, 1.165) is 21.6 Å². The SMILES string of the molecule is CC(C)C[C@@H]1NC(=O)[C@H](Cc2ccccc2)NC(=O)C(CCCCN)NC(=O)C(NC(=O)[C@H](CCCCN)NC(=O)[C@@H](NC(=O)[C@@H](N)CCCCN)[C@@H](C)O)CSSCC(C(=O)O)NC(=O)[C@H](CCCCN)NC(=O)[C@H](CCCCN)NC1=O. The summed E-state index contributed by atoms with van der Waals surface area (Å²) in [5.74, 6) is -9.57. The van der Waals surface area contributed by atoms with Crippen LogP contribution in [-0.2, 0) is 54.4 Å². The highest BCUT2D eigenvalue weighted by atomic mass is 33.1. The Kier molecular flexibility index (Phi) is 37.4. The van der Waals surface area contributed by atoms with Crippen LogP contribution < -0.4 is 82.3 Å². The Morgan fingerprint density at radius 1 is 0.548 bits per heavy atom. The van der Waals surface area contributed by atoms with Crippen LogP contribution >= 0.6 is 21.6 Å². The number of nitrogens with two attached hydrogens (primary N) is 6. The van der Waals surface area contributed by atoms with E-state index in [1.807, 2.05) is 13.8 Å². The highest BCUT2D eigenvalue weighted by molar-refractivity contribution is 8.76. The minimum absolute atomic E-state index is 0.00287. The highest BCUT2D eigenvalue weighted by Gasteiger charge is 2.37. The summed E-state index contributed by atoms with van der Waals surface area (Å²) in [5, 5.41) is 45.1. The minimum atomic E-state index is -1.57. The second kappa shape index (κ2) is 42.2. The fourth-order valence-electron chi connectivity index (χ4n) is 8.87. The van der Waals surface area contributed by atoms with E-state index in [2.05, 4.69) is 47.9 Å². The molecule has 23 N–H and O–H groups in total. The zero-order valence-corrected chi connectivity index (χ0v) is 50.7. The molecule has 0 radical (unpaired) electrons. The molecule has 476 valence electrons. The molecular formula is C55H97N15O12S2. The van der Waals surface area contributed by atoms with Gasteiger partial charge in [0, 0.05) is 17.9 Å². The molecule has 1 aromatic rings. The lowest BCUT2D eigenvalue weighted by molar-refractivity contribution is -0.141. The third kappa shape index (κ3) is 29.0. The summed E-state index contributed by atoms with van der Waals surface area (Å²) in [7, 11) is 1.86. The van der Waals surface area contributed by atoms with Gasteiger partial charge in [-0.05, 0) is 147 Å². The molecule has 0 bridgehead atoms. The van der Waals surface area contributed by atoms with Gasteiger partial charge in [0.25, 0.3) is 0 Å². The van der Waals surface area contributed by atoms with Crippen LogP contribution in [0.25, 0.3) is 0 Å². The van der Waals surface area contributed by atoms with Crippen LogP contribution in [0.5, 0.6) is 0 Å². The van der Waals surface area contributed by atoms with Gasteiger partial charge in [0.2, 0.25) is 53.2 Å². The molecule has 1 heterocycles. The van der Waals surface area contributed by atoms with Gasteiger partial charge in [0.05, 0.1) is 12.1 Å². The number of rotatable bonds is 32. The predicted octanol–water partition coefficient (Wildman–Crippen LogP) is -2.53. The Bertz CT molecular complexity index is 2210. The maximum absolute atomic E-state index is 14.7. The molecular weight excluding hydrogens is 1130 g/mol. The van der Waals surface area contributed by atoms with Crippen LogP contribution in [0.15, 0.2) is 30.3 Å². The van der Waals surface area contributed by atoms with E-state index in [1.165, 1.54) is 6.92 Å². The van der Waals surface area contributed by atoms with E-state index in [0.29, 0.717) is 76.3 Å². The van der Waals surface area contributed by atoms with Crippen molar-refractivity contribution in [2.75, 3.05) is 44.2 Å². The van der Waals surface area contributed by atoms with E-state index < -0.39 is 126 Å². The Morgan fingerprint density at radius 2 is 0.988 bits per heavy atom. The van der Waals surface area contributed by atoms with Crippen molar-refractivity contribution >= 4 is 80.7 Å². The summed E-state index contributed by atoms with van der Waals surface area (Å²) < 4.78 is 0. The van der Waals surface area contributed by atoms with Gasteiger partial charge in [-0.1, -0.05) is 72.2 Å². The Labute approximate surface area is 501 Å². The molecule has 1 fully saturated rings. The van der Waals surface area contributed by atoms with E-state index in [9.17, 15) is 58.2 Å². The van der Waals surface area contributed by atoms with Crippen LogP contribution in [0.3, 0.4) is 0 Å². The maximum atomic E-state index is 14.7. The monoisotopic (exact) mass is 1220 g/mol. The summed E-state index contributed by atoms with van der Waals surface area (Å²) in [5.41, 5.74) is 35.5. The number of hydrogen-bond acceptors (Lipinski definition) is 19. The first-order valence-electron chi connectivity index (χ1n) is 29.3. The molecule has 11 atom stereocenters. The average Bonchev–Trinajstić information content (AvgIpc) is 3.67. The van der Waals surface area contributed by atoms with Gasteiger partial charge in [-0.15, -0.1) is 0 Å². The summed E-state index contributed by atoms with van der Waals surface area (Å²) in [4.78, 5) is 141. The van der Waals surface area contributed by atoms with E-state index in [-0.39, 0.29) is 88.5 Å². The molecule has 3 unspecified atom stereocenters. The largest absolute Gasteiger partial charge is 0.480 e. The number of hydrogen-bond donors (Lipinski definition) is 17. The van der Waals surface area contributed by atoms with Gasteiger partial charge >= 0.3 is 5.97 Å². The third-order valence-corrected chi connectivity index (χ3v) is 16.2. The van der Waals surface area contributed by atoms with Gasteiger partial charge in [-0.25, -0.2) is 4.79 Å². The quantitative estimate of drug-likeness (QED) is 0.0261. The summed E-state index contributed by atoms with van der Waals surface area (Å²) >= 11 is 0. The van der Waals surface area contributed by atoms with Crippen molar-refractivity contribution in [3.05, 3.63) is 35.9 Å². The van der Waals surface area contributed by atoms with Gasteiger partial charge in [0.15, 0.2) is 0 Å². The lowest BCUT2D eigenvalue weighted by Crippen LogP contribution is -2.61. The Balaban J connectivity index is 2.81. The predicted molar refractivity (Wildman–Crippen MR) is 324 cm³/mol. The zero-order valence-electron chi connectivity index (χ0n) is 49.0. The third-order valence-electron chi connectivity index (χ3n) is 13.7. The number of carbonyl (C=O) groups is 10. The van der Waals surface area contributed by atoms with Crippen LogP contribution in [0.2, 0.25) is 0 Å². The number of benzene rings is 1. The minimum Gasteiger partial charge on any atom is -0.480 e. The smallest absolute Gasteiger partial charge is 0.327 e. The van der Waals surface area contributed by atoms with Crippen molar-refractivity contribution in [3.8, 4) is 0 Å². The first-order valence-corrected chi connectivity index (χ1v) is 31.8. The summed E-state index contributed by atoms with van der Waals surface area (Å²) in [6, 6.07) is -4.82. The fourth-order valence-corrected chi connectivity index (χ4v) is 11.2. The molecule has 1 saturated heterocycles.